The number of rotatable bonds is 3. The van der Waals surface area contributed by atoms with Crippen LogP contribution in [0.4, 0.5) is 5.69 Å². The SMILES string of the molecule is CCN1CCCCC(Oc2ccc(N)cc2)C1. The van der Waals surface area contributed by atoms with Gasteiger partial charge in [-0.15, -0.1) is 0 Å². The van der Waals surface area contributed by atoms with E-state index in [9.17, 15) is 0 Å². The monoisotopic (exact) mass is 234 g/mol. The first-order valence-electron chi connectivity index (χ1n) is 6.52. The van der Waals surface area contributed by atoms with Crippen molar-refractivity contribution in [2.45, 2.75) is 32.3 Å². The highest BCUT2D eigenvalue weighted by atomic mass is 16.5. The molecule has 0 amide bonds. The summed E-state index contributed by atoms with van der Waals surface area (Å²) in [5.41, 5.74) is 6.45. The van der Waals surface area contributed by atoms with Crippen LogP contribution in [0.15, 0.2) is 24.3 Å². The van der Waals surface area contributed by atoms with Gasteiger partial charge in [0.1, 0.15) is 11.9 Å². The van der Waals surface area contributed by atoms with Crippen molar-refractivity contribution in [3.8, 4) is 5.75 Å². The average Bonchev–Trinajstić information content (AvgIpc) is 2.57. The molecule has 3 heteroatoms. The van der Waals surface area contributed by atoms with E-state index in [-0.39, 0.29) is 0 Å². The fourth-order valence-corrected chi connectivity index (χ4v) is 2.30. The average molecular weight is 234 g/mol. The van der Waals surface area contributed by atoms with Crippen molar-refractivity contribution in [2.75, 3.05) is 25.4 Å². The van der Waals surface area contributed by atoms with Gasteiger partial charge in [0.15, 0.2) is 0 Å². The van der Waals surface area contributed by atoms with Crippen molar-refractivity contribution < 1.29 is 4.74 Å². The quantitative estimate of drug-likeness (QED) is 0.817. The van der Waals surface area contributed by atoms with Crippen LogP contribution in [0.3, 0.4) is 0 Å². The van der Waals surface area contributed by atoms with Gasteiger partial charge in [0.25, 0.3) is 0 Å². The lowest BCUT2D eigenvalue weighted by Crippen LogP contribution is -2.33. The molecule has 94 valence electrons. The third-order valence-corrected chi connectivity index (χ3v) is 3.34. The number of hydrogen-bond acceptors (Lipinski definition) is 3. The molecular weight excluding hydrogens is 212 g/mol. The van der Waals surface area contributed by atoms with E-state index in [0.29, 0.717) is 6.10 Å². The van der Waals surface area contributed by atoms with E-state index in [0.717, 1.165) is 30.9 Å². The van der Waals surface area contributed by atoms with E-state index >= 15 is 0 Å². The number of benzene rings is 1. The lowest BCUT2D eigenvalue weighted by molar-refractivity contribution is 0.145. The zero-order valence-electron chi connectivity index (χ0n) is 10.6. The summed E-state index contributed by atoms with van der Waals surface area (Å²) in [5.74, 6) is 0.933. The van der Waals surface area contributed by atoms with Crippen molar-refractivity contribution in [3.63, 3.8) is 0 Å². The Bertz CT molecular complexity index is 337. The van der Waals surface area contributed by atoms with Crippen molar-refractivity contribution in [1.29, 1.82) is 0 Å². The van der Waals surface area contributed by atoms with E-state index < -0.39 is 0 Å². The molecule has 1 atom stereocenters. The molecule has 1 saturated heterocycles. The zero-order chi connectivity index (χ0) is 12.1. The Balaban J connectivity index is 1.94. The molecule has 1 aliphatic heterocycles. The largest absolute Gasteiger partial charge is 0.489 e. The van der Waals surface area contributed by atoms with Gasteiger partial charge in [0.2, 0.25) is 0 Å². The van der Waals surface area contributed by atoms with E-state index in [2.05, 4.69) is 11.8 Å². The van der Waals surface area contributed by atoms with Crippen LogP contribution in [0.5, 0.6) is 5.75 Å². The summed E-state index contributed by atoms with van der Waals surface area (Å²) in [6.07, 6.45) is 4.02. The molecule has 17 heavy (non-hydrogen) atoms. The molecule has 0 radical (unpaired) electrons. The molecule has 1 heterocycles. The Labute approximate surface area is 104 Å². The van der Waals surface area contributed by atoms with Gasteiger partial charge in [-0.2, -0.15) is 0 Å². The molecule has 0 aliphatic carbocycles. The maximum Gasteiger partial charge on any atom is 0.119 e. The summed E-state index contributed by atoms with van der Waals surface area (Å²) in [6, 6.07) is 7.69. The molecule has 0 saturated carbocycles. The molecule has 2 rings (SSSR count). The van der Waals surface area contributed by atoms with Crippen LogP contribution in [0.2, 0.25) is 0 Å². The Morgan fingerprint density at radius 3 is 2.76 bits per heavy atom. The van der Waals surface area contributed by atoms with Gasteiger partial charge < -0.3 is 10.5 Å². The van der Waals surface area contributed by atoms with Crippen molar-refractivity contribution >= 4 is 5.69 Å². The maximum absolute atomic E-state index is 6.03. The van der Waals surface area contributed by atoms with Crippen LogP contribution in [0.1, 0.15) is 26.2 Å². The highest BCUT2D eigenvalue weighted by molar-refractivity contribution is 5.41. The van der Waals surface area contributed by atoms with E-state index in [1.165, 1.54) is 19.4 Å². The molecule has 1 aromatic carbocycles. The van der Waals surface area contributed by atoms with Gasteiger partial charge in [-0.1, -0.05) is 6.92 Å². The number of likely N-dealkylation sites (N-methyl/N-ethyl adjacent to an activating group) is 1. The van der Waals surface area contributed by atoms with Gasteiger partial charge >= 0.3 is 0 Å². The van der Waals surface area contributed by atoms with Crippen molar-refractivity contribution in [2.24, 2.45) is 0 Å². The molecular formula is C14H22N2O. The van der Waals surface area contributed by atoms with Crippen LogP contribution in [-0.4, -0.2) is 30.6 Å². The number of ether oxygens (including phenoxy) is 1. The summed E-state index contributed by atoms with van der Waals surface area (Å²) in [6.45, 7) is 5.58. The Kier molecular flexibility index (Phi) is 4.26. The fraction of sp³-hybridized carbons (Fsp3) is 0.571. The topological polar surface area (TPSA) is 38.5 Å². The first-order valence-corrected chi connectivity index (χ1v) is 6.52. The van der Waals surface area contributed by atoms with Gasteiger partial charge in [0, 0.05) is 12.2 Å². The Morgan fingerprint density at radius 1 is 1.29 bits per heavy atom. The highest BCUT2D eigenvalue weighted by Gasteiger charge is 2.18. The normalized spacial score (nSPS) is 22.1. The van der Waals surface area contributed by atoms with E-state index in [1.807, 2.05) is 24.3 Å². The minimum absolute atomic E-state index is 0.320. The third-order valence-electron chi connectivity index (χ3n) is 3.34. The summed E-state index contributed by atoms with van der Waals surface area (Å²) in [4.78, 5) is 2.47. The molecule has 1 aliphatic rings. The number of likely N-dealkylation sites (tertiary alicyclic amines) is 1. The molecule has 0 bridgehead atoms. The number of hydrogen-bond donors (Lipinski definition) is 1. The molecule has 1 fully saturated rings. The first-order chi connectivity index (χ1) is 8.28. The predicted molar refractivity (Wildman–Crippen MR) is 71.2 cm³/mol. The fourth-order valence-electron chi connectivity index (χ4n) is 2.30. The second-order valence-corrected chi connectivity index (χ2v) is 4.70. The first kappa shape index (κ1) is 12.2. The standard InChI is InChI=1S/C14H22N2O/c1-2-16-10-4-3-5-14(11-16)17-13-8-6-12(15)7-9-13/h6-9,14H,2-5,10-11,15H2,1H3. The van der Waals surface area contributed by atoms with Gasteiger partial charge in [-0.05, 0) is 56.6 Å². The van der Waals surface area contributed by atoms with Gasteiger partial charge in [-0.3, -0.25) is 4.90 Å². The Hall–Kier alpha value is -1.22. The smallest absolute Gasteiger partial charge is 0.119 e. The lowest BCUT2D eigenvalue weighted by Gasteiger charge is -2.23. The van der Waals surface area contributed by atoms with Crippen LogP contribution in [0, 0.1) is 0 Å². The van der Waals surface area contributed by atoms with Crippen LogP contribution >= 0.6 is 0 Å². The molecule has 2 N–H and O–H groups in total. The molecule has 1 aromatic rings. The minimum atomic E-state index is 0.320. The maximum atomic E-state index is 6.03. The number of anilines is 1. The zero-order valence-corrected chi connectivity index (χ0v) is 10.6. The third kappa shape index (κ3) is 3.63. The minimum Gasteiger partial charge on any atom is -0.489 e. The number of nitrogens with two attached hydrogens (primary N) is 1. The van der Waals surface area contributed by atoms with E-state index in [4.69, 9.17) is 10.5 Å². The summed E-state index contributed by atoms with van der Waals surface area (Å²) >= 11 is 0. The van der Waals surface area contributed by atoms with Crippen molar-refractivity contribution in [3.05, 3.63) is 24.3 Å². The van der Waals surface area contributed by atoms with Gasteiger partial charge in [-0.25, -0.2) is 0 Å². The summed E-state index contributed by atoms with van der Waals surface area (Å²) in [7, 11) is 0. The predicted octanol–water partition coefficient (Wildman–Crippen LogP) is 2.52. The lowest BCUT2D eigenvalue weighted by atomic mass is 10.2. The molecule has 3 nitrogen and oxygen atoms in total. The molecule has 0 aromatic heterocycles. The second-order valence-electron chi connectivity index (χ2n) is 4.70. The molecule has 1 unspecified atom stereocenters. The second kappa shape index (κ2) is 5.92. The van der Waals surface area contributed by atoms with Crippen LogP contribution in [0.25, 0.3) is 0 Å². The van der Waals surface area contributed by atoms with Crippen molar-refractivity contribution in [1.82, 2.24) is 4.90 Å². The van der Waals surface area contributed by atoms with E-state index in [1.54, 1.807) is 0 Å². The van der Waals surface area contributed by atoms with Crippen LogP contribution < -0.4 is 10.5 Å². The highest BCUT2D eigenvalue weighted by Crippen LogP contribution is 2.19. The number of nitrogen functional groups attached to an aromatic ring is 1. The Morgan fingerprint density at radius 2 is 2.06 bits per heavy atom. The number of nitrogens with zero attached hydrogens (tertiary/aromatic N) is 1. The summed E-state index contributed by atoms with van der Waals surface area (Å²) in [5, 5.41) is 0. The van der Waals surface area contributed by atoms with Gasteiger partial charge in [0.05, 0.1) is 0 Å². The molecule has 0 spiro atoms. The summed E-state index contributed by atoms with van der Waals surface area (Å²) < 4.78 is 6.03. The van der Waals surface area contributed by atoms with Crippen LogP contribution in [-0.2, 0) is 0 Å².